The number of benzene rings is 2. The number of amides is 1. The van der Waals surface area contributed by atoms with E-state index in [9.17, 15) is 32.1 Å². The van der Waals surface area contributed by atoms with Crippen LogP contribution in [0.1, 0.15) is 24.0 Å². The van der Waals surface area contributed by atoms with Crippen molar-refractivity contribution in [1.82, 2.24) is 5.32 Å². The van der Waals surface area contributed by atoms with Crippen LogP contribution in [0.5, 0.6) is 5.75 Å². The van der Waals surface area contributed by atoms with E-state index in [0.29, 0.717) is 36.7 Å². The van der Waals surface area contributed by atoms with Crippen LogP contribution in [0.4, 0.5) is 18.9 Å². The highest BCUT2D eigenvalue weighted by atomic mass is 31.2. The normalized spacial score (nSPS) is 16.6. The van der Waals surface area contributed by atoms with E-state index in [-0.39, 0.29) is 23.1 Å². The summed E-state index contributed by atoms with van der Waals surface area (Å²) in [5.41, 5.74) is -1.66. The lowest BCUT2D eigenvalue weighted by atomic mass is 10.0. The van der Waals surface area contributed by atoms with Crippen LogP contribution in [0.2, 0.25) is 0 Å². The molecule has 0 aliphatic carbocycles. The second kappa shape index (κ2) is 11.3. The molecule has 1 aliphatic rings. The number of hydrogen-bond donors (Lipinski definition) is 3. The first-order valence-corrected chi connectivity index (χ1v) is 13.4. The maximum atomic E-state index is 13.4. The van der Waals surface area contributed by atoms with Crippen LogP contribution in [0.15, 0.2) is 57.7 Å². The van der Waals surface area contributed by atoms with Crippen molar-refractivity contribution in [2.75, 3.05) is 18.6 Å². The third kappa shape index (κ3) is 6.82. The zero-order chi connectivity index (χ0) is 29.2. The number of rotatable bonds is 8. The van der Waals surface area contributed by atoms with E-state index in [4.69, 9.17) is 18.9 Å². The Morgan fingerprint density at radius 1 is 1.18 bits per heavy atom. The predicted molar refractivity (Wildman–Crippen MR) is 135 cm³/mol. The Bertz CT molecular complexity index is 1520. The lowest BCUT2D eigenvalue weighted by Gasteiger charge is -2.28. The first kappa shape index (κ1) is 29.1. The van der Waals surface area contributed by atoms with E-state index >= 15 is 0 Å². The number of phosphoric ester groups is 1. The molecule has 2 heterocycles. The quantitative estimate of drug-likeness (QED) is 0.204. The number of methoxy groups -OCH3 is 1. The summed E-state index contributed by atoms with van der Waals surface area (Å²) in [5.74, 6) is -1.36. The van der Waals surface area contributed by atoms with Gasteiger partial charge in [0.25, 0.3) is 0 Å². The van der Waals surface area contributed by atoms with Crippen molar-refractivity contribution in [3.8, 4) is 5.75 Å². The van der Waals surface area contributed by atoms with E-state index < -0.39 is 49.1 Å². The van der Waals surface area contributed by atoms with Gasteiger partial charge < -0.3 is 23.9 Å². The Labute approximate surface area is 224 Å². The van der Waals surface area contributed by atoms with E-state index in [1.165, 1.54) is 42.5 Å². The summed E-state index contributed by atoms with van der Waals surface area (Å²) in [7, 11) is -3.60. The standard InChI is InChI=1S/C25H24F3N2O9P/c1-37-24(33)19(11-14-4-7-16(8-5-14)39-40(34,35)36)29-23(32)20-3-2-10-30(20)15-6-9-17-18(25(26,27)28)13-22(31)38-21(17)12-15/h4-9,12-13,19-20H,2-3,10-11H2,1H3,(H,29,32)(H2,34,35,36)/t19-,20-/m0/s1. The average Bonchev–Trinajstić information content (AvgIpc) is 3.37. The van der Waals surface area contributed by atoms with Gasteiger partial charge in [0.1, 0.15) is 23.4 Å². The van der Waals surface area contributed by atoms with Gasteiger partial charge in [-0.25, -0.2) is 14.2 Å². The number of alkyl halides is 3. The third-order valence-corrected chi connectivity index (χ3v) is 6.76. The lowest BCUT2D eigenvalue weighted by Crippen LogP contribution is -2.50. The number of esters is 1. The Kier molecular flexibility index (Phi) is 8.24. The zero-order valence-electron chi connectivity index (χ0n) is 20.9. The molecule has 11 nitrogen and oxygen atoms in total. The van der Waals surface area contributed by atoms with Crippen molar-refractivity contribution < 1.29 is 50.8 Å². The highest BCUT2D eigenvalue weighted by Gasteiger charge is 2.36. The van der Waals surface area contributed by atoms with Gasteiger partial charge in [-0.2, -0.15) is 13.2 Å². The SMILES string of the molecule is COC(=O)[C@H](Cc1ccc(OP(=O)(O)O)cc1)NC(=O)[C@@H]1CCCN1c1ccc2c(C(F)(F)F)cc(=O)oc2c1. The van der Waals surface area contributed by atoms with E-state index in [1.54, 1.807) is 4.90 Å². The van der Waals surface area contributed by atoms with Crippen molar-refractivity contribution in [3.05, 3.63) is 70.1 Å². The Morgan fingerprint density at radius 3 is 2.50 bits per heavy atom. The van der Waals surface area contributed by atoms with E-state index in [1.807, 2.05) is 0 Å². The number of carbonyl (C=O) groups excluding carboxylic acids is 2. The van der Waals surface area contributed by atoms with Crippen molar-refractivity contribution in [3.63, 3.8) is 0 Å². The number of nitrogens with zero attached hydrogens (tertiary/aromatic N) is 1. The predicted octanol–water partition coefficient (Wildman–Crippen LogP) is 3.15. The summed E-state index contributed by atoms with van der Waals surface area (Å²) in [6.07, 6.45) is -3.81. The summed E-state index contributed by atoms with van der Waals surface area (Å²) in [6, 6.07) is 7.88. The largest absolute Gasteiger partial charge is 0.524 e. The van der Waals surface area contributed by atoms with Crippen LogP contribution >= 0.6 is 7.82 Å². The second-order valence-corrected chi connectivity index (χ2v) is 10.2. The number of carbonyl (C=O) groups is 2. The Morgan fingerprint density at radius 2 is 1.88 bits per heavy atom. The van der Waals surface area contributed by atoms with Gasteiger partial charge in [0.05, 0.1) is 12.7 Å². The molecule has 1 saturated heterocycles. The number of phosphoric acid groups is 1. The molecule has 1 aliphatic heterocycles. The molecular weight excluding hydrogens is 560 g/mol. The molecule has 0 bridgehead atoms. The zero-order valence-corrected chi connectivity index (χ0v) is 21.8. The number of nitrogens with one attached hydrogen (secondary N) is 1. The maximum Gasteiger partial charge on any atom is 0.524 e. The number of halogens is 3. The van der Waals surface area contributed by atoms with Crippen LogP contribution in [0.3, 0.4) is 0 Å². The average molecular weight is 584 g/mol. The van der Waals surface area contributed by atoms with Gasteiger partial charge >= 0.3 is 25.6 Å². The van der Waals surface area contributed by atoms with Gasteiger partial charge in [-0.1, -0.05) is 12.1 Å². The Hall–Kier alpha value is -3.87. The smallest absolute Gasteiger partial charge is 0.467 e. The summed E-state index contributed by atoms with van der Waals surface area (Å²) >= 11 is 0. The number of ether oxygens (including phenoxy) is 1. The Balaban J connectivity index is 1.53. The third-order valence-electron chi connectivity index (χ3n) is 6.31. The molecule has 214 valence electrons. The van der Waals surface area contributed by atoms with Crippen LogP contribution < -0.4 is 20.4 Å². The molecule has 1 aromatic heterocycles. The number of anilines is 1. The molecule has 1 fully saturated rings. The molecule has 40 heavy (non-hydrogen) atoms. The topological polar surface area (TPSA) is 156 Å². The minimum atomic E-state index is -4.76. The fraction of sp³-hybridized carbons (Fsp3) is 0.320. The summed E-state index contributed by atoms with van der Waals surface area (Å²) in [6.45, 7) is 0.386. The fourth-order valence-corrected chi connectivity index (χ4v) is 4.97. The highest BCUT2D eigenvalue weighted by molar-refractivity contribution is 7.46. The van der Waals surface area contributed by atoms with Crippen LogP contribution in [0, 0.1) is 0 Å². The summed E-state index contributed by atoms with van der Waals surface area (Å²) in [4.78, 5) is 57.0. The molecule has 0 radical (unpaired) electrons. The van der Waals surface area contributed by atoms with Crippen molar-refractivity contribution in [2.45, 2.75) is 37.5 Å². The highest BCUT2D eigenvalue weighted by Crippen LogP contribution is 2.38. The second-order valence-electron chi connectivity index (χ2n) is 9.02. The molecule has 2 atom stereocenters. The molecule has 4 rings (SSSR count). The molecule has 3 aromatic rings. The molecule has 1 amide bonds. The van der Waals surface area contributed by atoms with E-state index in [2.05, 4.69) is 9.84 Å². The lowest BCUT2D eigenvalue weighted by molar-refractivity contribution is -0.145. The van der Waals surface area contributed by atoms with Gasteiger partial charge in [0.15, 0.2) is 0 Å². The van der Waals surface area contributed by atoms with Crippen LogP contribution in [-0.4, -0.2) is 47.4 Å². The van der Waals surface area contributed by atoms with Gasteiger partial charge in [-0.15, -0.1) is 0 Å². The minimum Gasteiger partial charge on any atom is -0.467 e. The van der Waals surface area contributed by atoms with Crippen LogP contribution in [-0.2, 0) is 31.5 Å². The molecule has 2 aromatic carbocycles. The summed E-state index contributed by atoms with van der Waals surface area (Å²) in [5, 5.41) is 2.36. The number of fused-ring (bicyclic) bond motifs is 1. The van der Waals surface area contributed by atoms with Gasteiger partial charge in [0, 0.05) is 36.2 Å². The molecular formula is C25H24F3N2O9P. The molecule has 3 N–H and O–H groups in total. The van der Waals surface area contributed by atoms with Crippen molar-refractivity contribution >= 4 is 36.4 Å². The summed E-state index contributed by atoms with van der Waals surface area (Å²) < 4.78 is 65.5. The van der Waals surface area contributed by atoms with Crippen molar-refractivity contribution in [1.29, 1.82) is 0 Å². The molecule has 0 unspecified atom stereocenters. The molecule has 0 spiro atoms. The van der Waals surface area contributed by atoms with Gasteiger partial charge in [-0.05, 0) is 42.7 Å². The maximum absolute atomic E-state index is 13.4. The van der Waals surface area contributed by atoms with E-state index in [0.717, 1.165) is 7.11 Å². The molecule has 0 saturated carbocycles. The van der Waals surface area contributed by atoms with Crippen molar-refractivity contribution in [2.24, 2.45) is 0 Å². The van der Waals surface area contributed by atoms with Gasteiger partial charge in [0.2, 0.25) is 5.91 Å². The van der Waals surface area contributed by atoms with Gasteiger partial charge in [-0.3, -0.25) is 14.6 Å². The monoisotopic (exact) mass is 584 g/mol. The first-order valence-electron chi connectivity index (χ1n) is 11.9. The molecule has 15 heteroatoms. The minimum absolute atomic E-state index is 0.0112. The fourth-order valence-electron chi connectivity index (χ4n) is 4.58. The van der Waals surface area contributed by atoms with Crippen LogP contribution in [0.25, 0.3) is 11.0 Å². The first-order chi connectivity index (χ1) is 18.7. The number of hydrogen-bond acceptors (Lipinski definition) is 8.